The van der Waals surface area contributed by atoms with Crippen LogP contribution in [0.5, 0.6) is 0 Å². The molecule has 1 N–H and O–H groups in total. The van der Waals surface area contributed by atoms with E-state index in [0.717, 1.165) is 6.54 Å². The van der Waals surface area contributed by atoms with Crippen molar-refractivity contribution in [2.45, 2.75) is 39.9 Å². The molecule has 5 heteroatoms. The third-order valence-corrected chi connectivity index (χ3v) is 2.67. The van der Waals surface area contributed by atoms with Crippen molar-refractivity contribution in [3.63, 3.8) is 0 Å². The third kappa shape index (κ3) is 8.44. The molecule has 0 saturated carbocycles. The molecular formula is C12H25F3N2. The van der Waals surface area contributed by atoms with Gasteiger partial charge in [0.2, 0.25) is 0 Å². The van der Waals surface area contributed by atoms with Crippen LogP contribution in [-0.2, 0) is 0 Å². The molecule has 1 unspecified atom stereocenters. The number of nitrogens with zero attached hydrogens (tertiary/aromatic N) is 1. The zero-order valence-corrected chi connectivity index (χ0v) is 11.4. The molecule has 2 nitrogen and oxygen atoms in total. The fourth-order valence-electron chi connectivity index (χ4n) is 1.82. The SMILES string of the molecule is CC(C)CNCC(C(C)C)N(C)CC(F)(F)F. The summed E-state index contributed by atoms with van der Waals surface area (Å²) in [5.41, 5.74) is 0. The summed E-state index contributed by atoms with van der Waals surface area (Å²) in [5, 5.41) is 3.22. The van der Waals surface area contributed by atoms with E-state index in [2.05, 4.69) is 19.2 Å². The van der Waals surface area contributed by atoms with Gasteiger partial charge in [0.15, 0.2) is 0 Å². The second-order valence-electron chi connectivity index (χ2n) is 5.39. The third-order valence-electron chi connectivity index (χ3n) is 2.67. The van der Waals surface area contributed by atoms with E-state index < -0.39 is 12.7 Å². The van der Waals surface area contributed by atoms with Gasteiger partial charge >= 0.3 is 6.18 Å². The van der Waals surface area contributed by atoms with Crippen molar-refractivity contribution in [2.75, 3.05) is 26.7 Å². The highest BCUT2D eigenvalue weighted by Crippen LogP contribution is 2.19. The predicted molar refractivity (Wildman–Crippen MR) is 65.0 cm³/mol. The Morgan fingerprint density at radius 2 is 1.59 bits per heavy atom. The van der Waals surface area contributed by atoms with E-state index in [1.54, 1.807) is 0 Å². The van der Waals surface area contributed by atoms with Gasteiger partial charge in [-0.25, -0.2) is 0 Å². The Balaban J connectivity index is 4.22. The van der Waals surface area contributed by atoms with Gasteiger partial charge < -0.3 is 5.32 Å². The van der Waals surface area contributed by atoms with Gasteiger partial charge in [0, 0.05) is 12.6 Å². The average molecular weight is 254 g/mol. The highest BCUT2D eigenvalue weighted by atomic mass is 19.4. The van der Waals surface area contributed by atoms with Crippen LogP contribution in [0.3, 0.4) is 0 Å². The minimum atomic E-state index is -4.13. The van der Waals surface area contributed by atoms with Gasteiger partial charge in [0.05, 0.1) is 6.54 Å². The highest BCUT2D eigenvalue weighted by Gasteiger charge is 2.32. The molecule has 0 aromatic rings. The summed E-state index contributed by atoms with van der Waals surface area (Å²) in [6, 6.07) is -0.0876. The highest BCUT2D eigenvalue weighted by molar-refractivity contribution is 4.76. The maximum absolute atomic E-state index is 12.3. The van der Waals surface area contributed by atoms with E-state index in [1.807, 2.05) is 13.8 Å². The number of hydrogen-bond acceptors (Lipinski definition) is 2. The fraction of sp³-hybridized carbons (Fsp3) is 1.00. The molecule has 0 aromatic carbocycles. The van der Waals surface area contributed by atoms with Crippen molar-refractivity contribution >= 4 is 0 Å². The topological polar surface area (TPSA) is 15.3 Å². The van der Waals surface area contributed by atoms with Crippen LogP contribution in [0.15, 0.2) is 0 Å². The zero-order valence-electron chi connectivity index (χ0n) is 11.4. The van der Waals surface area contributed by atoms with Gasteiger partial charge in [-0.05, 0) is 25.4 Å². The van der Waals surface area contributed by atoms with Gasteiger partial charge in [-0.15, -0.1) is 0 Å². The van der Waals surface area contributed by atoms with Gasteiger partial charge in [-0.1, -0.05) is 27.7 Å². The Labute approximate surface area is 103 Å². The lowest BCUT2D eigenvalue weighted by atomic mass is 10.0. The molecule has 0 radical (unpaired) electrons. The Hall–Kier alpha value is -0.290. The molecule has 0 heterocycles. The molecule has 0 fully saturated rings. The summed E-state index contributed by atoms with van der Waals surface area (Å²) in [6.45, 7) is 8.65. The standard InChI is InChI=1S/C12H25F3N2/c1-9(2)6-16-7-11(10(3)4)17(5)8-12(13,14)15/h9-11,16H,6-8H2,1-5H3. The van der Waals surface area contributed by atoms with Gasteiger partial charge in [0.25, 0.3) is 0 Å². The maximum Gasteiger partial charge on any atom is 0.401 e. The molecule has 1 atom stereocenters. The predicted octanol–water partition coefficient (Wildman–Crippen LogP) is 2.75. The monoisotopic (exact) mass is 254 g/mol. The van der Waals surface area contributed by atoms with E-state index in [4.69, 9.17) is 0 Å². The van der Waals surface area contributed by atoms with Crippen LogP contribution in [-0.4, -0.2) is 43.8 Å². The summed E-state index contributed by atoms with van der Waals surface area (Å²) in [4.78, 5) is 1.39. The molecule has 0 rings (SSSR count). The Bertz CT molecular complexity index is 202. The minimum absolute atomic E-state index is 0.0876. The van der Waals surface area contributed by atoms with Crippen LogP contribution in [0.1, 0.15) is 27.7 Å². The molecule has 0 saturated heterocycles. The number of rotatable bonds is 7. The molecule has 0 aliphatic heterocycles. The number of likely N-dealkylation sites (N-methyl/N-ethyl adjacent to an activating group) is 1. The lowest BCUT2D eigenvalue weighted by molar-refractivity contribution is -0.148. The van der Waals surface area contributed by atoms with Crippen LogP contribution in [0, 0.1) is 11.8 Å². The molecule has 0 aliphatic rings. The summed E-state index contributed by atoms with van der Waals surface area (Å²) in [6.07, 6.45) is -4.13. The summed E-state index contributed by atoms with van der Waals surface area (Å²) >= 11 is 0. The smallest absolute Gasteiger partial charge is 0.315 e. The Kier molecular flexibility index (Phi) is 7.09. The first-order chi connectivity index (χ1) is 7.63. The zero-order chi connectivity index (χ0) is 13.6. The first-order valence-corrected chi connectivity index (χ1v) is 6.11. The van der Waals surface area contributed by atoms with Gasteiger partial charge in [0.1, 0.15) is 0 Å². The molecule has 0 aromatic heterocycles. The minimum Gasteiger partial charge on any atom is -0.315 e. The normalized spacial score (nSPS) is 15.0. The van der Waals surface area contributed by atoms with Crippen molar-refractivity contribution < 1.29 is 13.2 Å². The van der Waals surface area contributed by atoms with Crippen LogP contribution in [0.25, 0.3) is 0 Å². The molecule has 0 bridgehead atoms. The molecule has 17 heavy (non-hydrogen) atoms. The molecular weight excluding hydrogens is 229 g/mol. The lowest BCUT2D eigenvalue weighted by Crippen LogP contribution is -2.47. The van der Waals surface area contributed by atoms with Crippen molar-refractivity contribution in [1.29, 1.82) is 0 Å². The Morgan fingerprint density at radius 3 is 1.94 bits per heavy atom. The number of alkyl halides is 3. The summed E-state index contributed by atoms with van der Waals surface area (Å²) < 4.78 is 37.0. The van der Waals surface area contributed by atoms with Crippen LogP contribution in [0.2, 0.25) is 0 Å². The molecule has 0 spiro atoms. The summed E-state index contributed by atoms with van der Waals surface area (Å²) in [5.74, 6) is 0.706. The lowest BCUT2D eigenvalue weighted by Gasteiger charge is -2.32. The van der Waals surface area contributed by atoms with Crippen molar-refractivity contribution in [2.24, 2.45) is 11.8 Å². The van der Waals surface area contributed by atoms with E-state index in [0.29, 0.717) is 12.5 Å². The number of halogens is 3. The van der Waals surface area contributed by atoms with Crippen molar-refractivity contribution in [3.05, 3.63) is 0 Å². The van der Waals surface area contributed by atoms with Gasteiger partial charge in [-0.3, -0.25) is 4.90 Å². The van der Waals surface area contributed by atoms with E-state index >= 15 is 0 Å². The summed E-state index contributed by atoms with van der Waals surface area (Å²) in [7, 11) is 1.54. The van der Waals surface area contributed by atoms with Crippen molar-refractivity contribution in [1.82, 2.24) is 10.2 Å². The number of nitrogens with one attached hydrogen (secondary N) is 1. The second-order valence-corrected chi connectivity index (χ2v) is 5.39. The largest absolute Gasteiger partial charge is 0.401 e. The number of hydrogen-bond donors (Lipinski definition) is 1. The van der Waals surface area contributed by atoms with E-state index in [1.165, 1.54) is 11.9 Å². The molecule has 104 valence electrons. The quantitative estimate of drug-likeness (QED) is 0.751. The van der Waals surface area contributed by atoms with Crippen molar-refractivity contribution in [3.8, 4) is 0 Å². The van der Waals surface area contributed by atoms with E-state index in [-0.39, 0.29) is 12.0 Å². The Morgan fingerprint density at radius 1 is 1.06 bits per heavy atom. The van der Waals surface area contributed by atoms with Crippen LogP contribution >= 0.6 is 0 Å². The first kappa shape index (κ1) is 16.7. The maximum atomic E-state index is 12.3. The fourth-order valence-corrected chi connectivity index (χ4v) is 1.82. The average Bonchev–Trinajstić information content (AvgIpc) is 2.07. The van der Waals surface area contributed by atoms with E-state index in [9.17, 15) is 13.2 Å². The van der Waals surface area contributed by atoms with Crippen LogP contribution < -0.4 is 5.32 Å². The molecule has 0 amide bonds. The molecule has 0 aliphatic carbocycles. The van der Waals surface area contributed by atoms with Crippen LogP contribution in [0.4, 0.5) is 13.2 Å². The van der Waals surface area contributed by atoms with Gasteiger partial charge in [-0.2, -0.15) is 13.2 Å². The second kappa shape index (κ2) is 7.21. The first-order valence-electron chi connectivity index (χ1n) is 6.11.